The SMILES string of the molecule is COc1ccc(CNC(=O)c2sc(COc3ccc(C)nc3)nc2C)cc1. The zero-order valence-corrected chi connectivity index (χ0v) is 16.3. The summed E-state index contributed by atoms with van der Waals surface area (Å²) in [5.41, 5.74) is 2.64. The number of carbonyl (C=O) groups is 1. The van der Waals surface area contributed by atoms with E-state index in [1.807, 2.05) is 50.2 Å². The van der Waals surface area contributed by atoms with E-state index in [1.165, 1.54) is 11.3 Å². The molecule has 2 aromatic heterocycles. The van der Waals surface area contributed by atoms with Crippen molar-refractivity contribution in [2.45, 2.75) is 27.0 Å². The van der Waals surface area contributed by atoms with Crippen molar-refractivity contribution >= 4 is 17.2 Å². The predicted molar refractivity (Wildman–Crippen MR) is 104 cm³/mol. The number of pyridine rings is 1. The first kappa shape index (κ1) is 18.8. The predicted octanol–water partition coefficient (Wildman–Crippen LogP) is 3.67. The first-order valence-corrected chi connectivity index (χ1v) is 9.29. The Labute approximate surface area is 162 Å². The fraction of sp³-hybridized carbons (Fsp3) is 0.250. The highest BCUT2D eigenvalue weighted by Crippen LogP contribution is 2.20. The smallest absolute Gasteiger partial charge is 0.263 e. The molecule has 1 amide bonds. The van der Waals surface area contributed by atoms with Gasteiger partial charge in [0.25, 0.3) is 5.91 Å². The largest absolute Gasteiger partial charge is 0.497 e. The minimum Gasteiger partial charge on any atom is -0.497 e. The second kappa shape index (κ2) is 8.64. The maximum absolute atomic E-state index is 12.5. The van der Waals surface area contributed by atoms with E-state index in [4.69, 9.17) is 9.47 Å². The molecule has 7 heteroatoms. The van der Waals surface area contributed by atoms with E-state index in [1.54, 1.807) is 13.3 Å². The quantitative estimate of drug-likeness (QED) is 0.674. The molecule has 3 aromatic rings. The van der Waals surface area contributed by atoms with Crippen molar-refractivity contribution in [3.8, 4) is 11.5 Å². The van der Waals surface area contributed by atoms with Crippen molar-refractivity contribution in [3.63, 3.8) is 0 Å². The highest BCUT2D eigenvalue weighted by atomic mass is 32.1. The molecule has 0 unspecified atom stereocenters. The molecule has 0 aliphatic rings. The number of rotatable bonds is 7. The van der Waals surface area contributed by atoms with Crippen molar-refractivity contribution in [1.82, 2.24) is 15.3 Å². The molecule has 0 saturated heterocycles. The number of aromatic nitrogens is 2. The first-order valence-electron chi connectivity index (χ1n) is 8.48. The van der Waals surface area contributed by atoms with Gasteiger partial charge in [-0.15, -0.1) is 11.3 Å². The van der Waals surface area contributed by atoms with E-state index in [0.717, 1.165) is 22.0 Å². The number of aryl methyl sites for hydroxylation is 2. The van der Waals surface area contributed by atoms with Gasteiger partial charge in [0.15, 0.2) is 0 Å². The Kier molecular flexibility index (Phi) is 6.03. The van der Waals surface area contributed by atoms with E-state index in [0.29, 0.717) is 29.5 Å². The summed E-state index contributed by atoms with van der Waals surface area (Å²) >= 11 is 1.34. The van der Waals surface area contributed by atoms with Crippen LogP contribution in [0.5, 0.6) is 11.5 Å². The molecule has 0 aliphatic carbocycles. The summed E-state index contributed by atoms with van der Waals surface area (Å²) in [6.07, 6.45) is 1.68. The molecule has 140 valence electrons. The van der Waals surface area contributed by atoms with Crippen LogP contribution in [0, 0.1) is 13.8 Å². The van der Waals surface area contributed by atoms with Crippen LogP contribution in [0.15, 0.2) is 42.6 Å². The minimum atomic E-state index is -0.135. The highest BCUT2D eigenvalue weighted by molar-refractivity contribution is 7.13. The normalized spacial score (nSPS) is 10.5. The lowest BCUT2D eigenvalue weighted by molar-refractivity contribution is 0.0954. The molecule has 0 atom stereocenters. The average molecular weight is 383 g/mol. The molecule has 0 spiro atoms. The molecule has 0 saturated carbocycles. The fourth-order valence-electron chi connectivity index (χ4n) is 2.42. The van der Waals surface area contributed by atoms with Gasteiger partial charge in [0.2, 0.25) is 0 Å². The zero-order valence-electron chi connectivity index (χ0n) is 15.5. The summed E-state index contributed by atoms with van der Waals surface area (Å²) in [5.74, 6) is 1.33. The molecule has 0 radical (unpaired) electrons. The second-order valence-corrected chi connectivity index (χ2v) is 7.06. The van der Waals surface area contributed by atoms with E-state index in [-0.39, 0.29) is 5.91 Å². The number of amides is 1. The molecule has 2 heterocycles. The molecule has 0 fully saturated rings. The number of ether oxygens (including phenoxy) is 2. The van der Waals surface area contributed by atoms with Gasteiger partial charge in [-0.05, 0) is 43.7 Å². The molecule has 1 N–H and O–H groups in total. The van der Waals surface area contributed by atoms with E-state index in [2.05, 4.69) is 15.3 Å². The van der Waals surface area contributed by atoms with Gasteiger partial charge in [-0.2, -0.15) is 0 Å². The van der Waals surface area contributed by atoms with Crippen LogP contribution in [-0.4, -0.2) is 23.0 Å². The molecule has 1 aromatic carbocycles. The number of carbonyl (C=O) groups excluding carboxylic acids is 1. The molecule has 3 rings (SSSR count). The maximum Gasteiger partial charge on any atom is 0.263 e. The summed E-state index contributed by atoms with van der Waals surface area (Å²) in [7, 11) is 1.62. The third-order valence-electron chi connectivity index (χ3n) is 3.91. The van der Waals surface area contributed by atoms with Crippen LogP contribution in [0.2, 0.25) is 0 Å². The lowest BCUT2D eigenvalue weighted by Gasteiger charge is -2.05. The summed E-state index contributed by atoms with van der Waals surface area (Å²) in [6, 6.07) is 11.3. The Morgan fingerprint density at radius 2 is 1.85 bits per heavy atom. The number of thiazole rings is 1. The van der Waals surface area contributed by atoms with Gasteiger partial charge in [-0.1, -0.05) is 12.1 Å². The van der Waals surface area contributed by atoms with Gasteiger partial charge in [-0.3, -0.25) is 9.78 Å². The van der Waals surface area contributed by atoms with Crippen molar-refractivity contribution in [3.05, 3.63) is 69.4 Å². The van der Waals surface area contributed by atoms with Crippen molar-refractivity contribution in [1.29, 1.82) is 0 Å². The summed E-state index contributed by atoms with van der Waals surface area (Å²) in [4.78, 5) is 21.7. The third kappa shape index (κ3) is 5.04. The monoisotopic (exact) mass is 383 g/mol. The van der Waals surface area contributed by atoms with Crippen LogP contribution in [0.1, 0.15) is 31.6 Å². The fourth-order valence-corrected chi connectivity index (χ4v) is 3.31. The van der Waals surface area contributed by atoms with Gasteiger partial charge in [-0.25, -0.2) is 4.98 Å². The topological polar surface area (TPSA) is 73.3 Å². The molecule has 27 heavy (non-hydrogen) atoms. The van der Waals surface area contributed by atoms with Gasteiger partial charge in [0.1, 0.15) is 28.0 Å². The van der Waals surface area contributed by atoms with Gasteiger partial charge in [0, 0.05) is 12.2 Å². The van der Waals surface area contributed by atoms with E-state index in [9.17, 15) is 4.79 Å². The van der Waals surface area contributed by atoms with Crippen LogP contribution in [0.4, 0.5) is 0 Å². The Hall–Kier alpha value is -2.93. The average Bonchev–Trinajstić information content (AvgIpc) is 3.07. The van der Waals surface area contributed by atoms with Crippen LogP contribution in [0.3, 0.4) is 0 Å². The van der Waals surface area contributed by atoms with Crippen molar-refractivity contribution in [2.75, 3.05) is 7.11 Å². The number of methoxy groups -OCH3 is 1. The highest BCUT2D eigenvalue weighted by Gasteiger charge is 2.15. The summed E-state index contributed by atoms with van der Waals surface area (Å²) in [6.45, 7) is 4.50. The zero-order chi connectivity index (χ0) is 19.2. The number of benzene rings is 1. The molecular weight excluding hydrogens is 362 g/mol. The lowest BCUT2D eigenvalue weighted by atomic mass is 10.2. The molecule has 0 bridgehead atoms. The first-order chi connectivity index (χ1) is 13.0. The van der Waals surface area contributed by atoms with E-state index < -0.39 is 0 Å². The third-order valence-corrected chi connectivity index (χ3v) is 5.04. The Bertz CT molecular complexity index is 905. The number of nitrogens with one attached hydrogen (secondary N) is 1. The molecular formula is C20H21N3O3S. The Morgan fingerprint density at radius 3 is 2.52 bits per heavy atom. The van der Waals surface area contributed by atoms with Crippen molar-refractivity contribution < 1.29 is 14.3 Å². The van der Waals surface area contributed by atoms with Crippen molar-refractivity contribution in [2.24, 2.45) is 0 Å². The van der Waals surface area contributed by atoms with Gasteiger partial charge in [0.05, 0.1) is 19.0 Å². The second-order valence-electron chi connectivity index (χ2n) is 5.98. The maximum atomic E-state index is 12.5. The summed E-state index contributed by atoms with van der Waals surface area (Å²) in [5, 5.41) is 3.68. The standard InChI is InChI=1S/C20H21N3O3S/c1-13-4-7-17(11-21-13)26-12-18-23-14(2)19(27-18)20(24)22-10-15-5-8-16(25-3)9-6-15/h4-9,11H,10,12H2,1-3H3,(H,22,24). The van der Waals surface area contributed by atoms with Crippen LogP contribution in [-0.2, 0) is 13.2 Å². The Balaban J connectivity index is 1.57. The van der Waals surface area contributed by atoms with Crippen LogP contribution >= 0.6 is 11.3 Å². The van der Waals surface area contributed by atoms with E-state index >= 15 is 0 Å². The number of nitrogens with zero attached hydrogens (tertiary/aromatic N) is 2. The molecule has 0 aliphatic heterocycles. The number of hydrogen-bond acceptors (Lipinski definition) is 6. The number of hydrogen-bond donors (Lipinski definition) is 1. The Morgan fingerprint density at radius 1 is 1.11 bits per heavy atom. The molecule has 6 nitrogen and oxygen atoms in total. The van der Waals surface area contributed by atoms with Gasteiger partial charge < -0.3 is 14.8 Å². The van der Waals surface area contributed by atoms with Crippen LogP contribution in [0.25, 0.3) is 0 Å². The minimum absolute atomic E-state index is 0.135. The van der Waals surface area contributed by atoms with Crippen LogP contribution < -0.4 is 14.8 Å². The lowest BCUT2D eigenvalue weighted by Crippen LogP contribution is -2.22. The summed E-state index contributed by atoms with van der Waals surface area (Å²) < 4.78 is 10.8. The van der Waals surface area contributed by atoms with Gasteiger partial charge >= 0.3 is 0 Å².